The Bertz CT molecular complexity index is 1030. The number of anilines is 1. The van der Waals surface area contributed by atoms with Gasteiger partial charge >= 0.3 is 0 Å². The van der Waals surface area contributed by atoms with Gasteiger partial charge in [-0.3, -0.25) is 29.8 Å². The van der Waals surface area contributed by atoms with Crippen molar-refractivity contribution in [1.82, 2.24) is 4.90 Å². The van der Waals surface area contributed by atoms with Gasteiger partial charge in [-0.1, -0.05) is 6.07 Å². The van der Waals surface area contributed by atoms with Crippen LogP contribution in [0.25, 0.3) is 0 Å². The molecule has 0 radical (unpaired) electrons. The number of morpholine rings is 1. The van der Waals surface area contributed by atoms with Crippen molar-refractivity contribution in [1.29, 1.82) is 0 Å². The van der Waals surface area contributed by atoms with Crippen LogP contribution in [0.2, 0.25) is 0 Å². The Morgan fingerprint density at radius 1 is 1.03 bits per heavy atom. The van der Waals surface area contributed by atoms with Gasteiger partial charge in [0.25, 0.3) is 23.2 Å². The standard InChI is InChI=1S/C19H18N4O7/c1-12-16(20-18(24)13-3-2-4-15(9-13)22(26)27)10-14(11-17(12)23(28)29)19(25)21-5-7-30-8-6-21/h2-4,9-11H,5-8H2,1H3,(H,20,24). The maximum Gasteiger partial charge on any atom is 0.275 e. The summed E-state index contributed by atoms with van der Waals surface area (Å²) in [7, 11) is 0. The predicted octanol–water partition coefficient (Wildman–Crippen LogP) is 2.54. The van der Waals surface area contributed by atoms with Gasteiger partial charge in [0.05, 0.1) is 34.3 Å². The molecule has 1 aliphatic heterocycles. The highest BCUT2D eigenvalue weighted by Crippen LogP contribution is 2.29. The van der Waals surface area contributed by atoms with Crippen molar-refractivity contribution >= 4 is 28.9 Å². The minimum Gasteiger partial charge on any atom is -0.378 e. The predicted molar refractivity (Wildman–Crippen MR) is 106 cm³/mol. The van der Waals surface area contributed by atoms with E-state index in [1.807, 2.05) is 0 Å². The Kier molecular flexibility index (Phi) is 6.02. The first-order valence-corrected chi connectivity index (χ1v) is 9.00. The van der Waals surface area contributed by atoms with Crippen LogP contribution in [0.5, 0.6) is 0 Å². The van der Waals surface area contributed by atoms with Gasteiger partial charge in [-0.25, -0.2) is 0 Å². The van der Waals surface area contributed by atoms with Crippen molar-refractivity contribution < 1.29 is 24.2 Å². The maximum atomic E-state index is 12.8. The first-order valence-electron chi connectivity index (χ1n) is 9.00. The van der Waals surface area contributed by atoms with Crippen LogP contribution in [0, 0.1) is 27.2 Å². The SMILES string of the molecule is Cc1c(NC(=O)c2cccc([N+](=O)[O-])c2)cc(C(=O)N2CCOCC2)cc1[N+](=O)[O-]. The molecule has 0 saturated carbocycles. The number of nitro groups is 2. The molecule has 1 N–H and O–H groups in total. The lowest BCUT2D eigenvalue weighted by Crippen LogP contribution is -2.40. The molecule has 30 heavy (non-hydrogen) atoms. The summed E-state index contributed by atoms with van der Waals surface area (Å²) in [5, 5.41) is 24.9. The third-order valence-electron chi connectivity index (χ3n) is 4.69. The zero-order valence-corrected chi connectivity index (χ0v) is 16.0. The summed E-state index contributed by atoms with van der Waals surface area (Å²) in [5.74, 6) is -1.10. The molecular formula is C19H18N4O7. The second-order valence-electron chi connectivity index (χ2n) is 6.59. The topological polar surface area (TPSA) is 145 Å². The van der Waals surface area contributed by atoms with E-state index in [0.29, 0.717) is 26.3 Å². The Balaban J connectivity index is 1.95. The number of hydrogen-bond donors (Lipinski definition) is 1. The lowest BCUT2D eigenvalue weighted by atomic mass is 10.1. The molecule has 0 aliphatic carbocycles. The molecule has 1 saturated heterocycles. The number of benzene rings is 2. The normalized spacial score (nSPS) is 13.6. The van der Waals surface area contributed by atoms with Gasteiger partial charge in [0.15, 0.2) is 0 Å². The molecule has 0 bridgehead atoms. The number of rotatable bonds is 5. The minimum atomic E-state index is -0.688. The summed E-state index contributed by atoms with van der Waals surface area (Å²) in [4.78, 5) is 48.0. The number of hydrogen-bond acceptors (Lipinski definition) is 7. The zero-order chi connectivity index (χ0) is 21.8. The quantitative estimate of drug-likeness (QED) is 0.584. The summed E-state index contributed by atoms with van der Waals surface area (Å²) in [6.07, 6.45) is 0. The first-order chi connectivity index (χ1) is 14.3. The maximum absolute atomic E-state index is 12.8. The lowest BCUT2D eigenvalue weighted by Gasteiger charge is -2.27. The van der Waals surface area contributed by atoms with Gasteiger partial charge in [0.1, 0.15) is 0 Å². The van der Waals surface area contributed by atoms with Crippen LogP contribution in [-0.2, 0) is 4.74 Å². The molecule has 0 spiro atoms. The number of nitro benzene ring substituents is 2. The van der Waals surface area contributed by atoms with Crippen molar-refractivity contribution in [2.24, 2.45) is 0 Å². The van der Waals surface area contributed by atoms with Crippen LogP contribution >= 0.6 is 0 Å². The number of carbonyl (C=O) groups excluding carboxylic acids is 2. The molecule has 11 nitrogen and oxygen atoms in total. The van der Waals surface area contributed by atoms with Gasteiger partial charge in [-0.05, 0) is 19.1 Å². The fourth-order valence-electron chi connectivity index (χ4n) is 3.05. The van der Waals surface area contributed by atoms with Crippen LogP contribution in [0.4, 0.5) is 17.1 Å². The summed E-state index contributed by atoms with van der Waals surface area (Å²) in [5.41, 5.74) is -0.264. The largest absolute Gasteiger partial charge is 0.378 e. The van der Waals surface area contributed by atoms with E-state index >= 15 is 0 Å². The van der Waals surface area contributed by atoms with E-state index in [1.54, 1.807) is 0 Å². The van der Waals surface area contributed by atoms with Crippen molar-refractivity contribution in [3.05, 3.63) is 73.3 Å². The summed E-state index contributed by atoms with van der Waals surface area (Å²) < 4.78 is 5.21. The molecule has 2 aromatic rings. The Hall–Kier alpha value is -3.86. The molecular weight excluding hydrogens is 396 g/mol. The van der Waals surface area contributed by atoms with Crippen molar-refractivity contribution in [2.75, 3.05) is 31.6 Å². The molecule has 2 amide bonds. The van der Waals surface area contributed by atoms with Gasteiger partial charge in [-0.2, -0.15) is 0 Å². The zero-order valence-electron chi connectivity index (χ0n) is 16.0. The molecule has 0 atom stereocenters. The molecule has 1 fully saturated rings. The number of non-ortho nitro benzene ring substituents is 1. The minimum absolute atomic E-state index is 0.0103. The third kappa shape index (κ3) is 4.41. The summed E-state index contributed by atoms with van der Waals surface area (Å²) in [6.45, 7) is 2.90. The van der Waals surface area contributed by atoms with E-state index in [2.05, 4.69) is 5.32 Å². The summed E-state index contributed by atoms with van der Waals surface area (Å²) in [6, 6.07) is 7.64. The molecule has 0 unspecified atom stereocenters. The van der Waals surface area contributed by atoms with Gasteiger partial charge < -0.3 is 15.0 Å². The molecule has 11 heteroatoms. The van der Waals surface area contributed by atoms with Crippen LogP contribution in [0.1, 0.15) is 26.3 Å². The Morgan fingerprint density at radius 3 is 2.37 bits per heavy atom. The molecule has 3 rings (SSSR count). The highest BCUT2D eigenvalue weighted by molar-refractivity contribution is 6.06. The van der Waals surface area contributed by atoms with Crippen molar-refractivity contribution in [3.8, 4) is 0 Å². The third-order valence-corrected chi connectivity index (χ3v) is 4.69. The molecule has 1 aliphatic rings. The molecule has 1 heterocycles. The average Bonchev–Trinajstić information content (AvgIpc) is 2.75. The lowest BCUT2D eigenvalue weighted by molar-refractivity contribution is -0.385. The highest BCUT2D eigenvalue weighted by atomic mass is 16.6. The molecule has 2 aromatic carbocycles. The summed E-state index contributed by atoms with van der Waals surface area (Å²) >= 11 is 0. The van der Waals surface area contributed by atoms with E-state index in [4.69, 9.17) is 4.74 Å². The fraction of sp³-hybridized carbons (Fsp3) is 0.263. The van der Waals surface area contributed by atoms with E-state index < -0.39 is 21.7 Å². The molecule has 156 valence electrons. The van der Waals surface area contributed by atoms with Crippen LogP contribution in [-0.4, -0.2) is 52.9 Å². The van der Waals surface area contributed by atoms with E-state index in [-0.39, 0.29) is 33.8 Å². The van der Waals surface area contributed by atoms with Gasteiger partial charge in [-0.15, -0.1) is 0 Å². The second kappa shape index (κ2) is 8.66. The van der Waals surface area contributed by atoms with Crippen LogP contribution < -0.4 is 5.32 Å². The second-order valence-corrected chi connectivity index (χ2v) is 6.59. The number of ether oxygens (including phenoxy) is 1. The first kappa shape index (κ1) is 20.9. The molecule has 0 aromatic heterocycles. The highest BCUT2D eigenvalue weighted by Gasteiger charge is 2.25. The monoisotopic (exact) mass is 414 g/mol. The van der Waals surface area contributed by atoms with E-state index in [1.165, 1.54) is 42.2 Å². The van der Waals surface area contributed by atoms with Gasteiger partial charge in [0, 0.05) is 42.4 Å². The Labute approximate surface area is 170 Å². The number of nitrogens with zero attached hydrogens (tertiary/aromatic N) is 3. The number of amides is 2. The van der Waals surface area contributed by atoms with E-state index in [0.717, 1.165) is 6.07 Å². The number of carbonyl (C=O) groups is 2. The van der Waals surface area contributed by atoms with Crippen molar-refractivity contribution in [3.63, 3.8) is 0 Å². The Morgan fingerprint density at radius 2 is 1.73 bits per heavy atom. The van der Waals surface area contributed by atoms with Crippen LogP contribution in [0.3, 0.4) is 0 Å². The van der Waals surface area contributed by atoms with E-state index in [9.17, 15) is 29.8 Å². The number of nitrogens with one attached hydrogen (secondary N) is 1. The smallest absolute Gasteiger partial charge is 0.275 e. The van der Waals surface area contributed by atoms with Gasteiger partial charge in [0.2, 0.25) is 0 Å². The fourth-order valence-corrected chi connectivity index (χ4v) is 3.05. The average molecular weight is 414 g/mol. The van der Waals surface area contributed by atoms with Crippen LogP contribution in [0.15, 0.2) is 36.4 Å². The van der Waals surface area contributed by atoms with Crippen molar-refractivity contribution in [2.45, 2.75) is 6.92 Å².